The minimum atomic E-state index is -3.78. The molecule has 39 heavy (non-hydrogen) atoms. The Morgan fingerprint density at radius 1 is 1.10 bits per heavy atom. The van der Waals surface area contributed by atoms with E-state index in [1.807, 2.05) is 0 Å². The van der Waals surface area contributed by atoms with Gasteiger partial charge in [0.05, 0.1) is 36.9 Å². The molecule has 0 radical (unpaired) electrons. The van der Waals surface area contributed by atoms with Gasteiger partial charge in [0.15, 0.2) is 11.5 Å². The van der Waals surface area contributed by atoms with E-state index in [1.165, 1.54) is 27.4 Å². The minimum absolute atomic E-state index is 0.178. The highest BCUT2D eigenvalue weighted by Gasteiger charge is 2.29. The molecule has 0 aliphatic heterocycles. The zero-order valence-electron chi connectivity index (χ0n) is 21.4. The number of sulfonamides is 1. The SMILES string of the molecule is COc1ccc(N([C@@H](C)C(=O)N/N=C\c2cc(Br)c(OCc3ccc(Cl)cc3Cl)c(OC)c2)S(C)(=O)=O)cc1. The number of ether oxygens (including phenoxy) is 3. The van der Waals surface area contributed by atoms with Gasteiger partial charge in [-0.2, -0.15) is 5.10 Å². The van der Waals surface area contributed by atoms with Crippen molar-refractivity contribution in [1.82, 2.24) is 5.43 Å². The summed E-state index contributed by atoms with van der Waals surface area (Å²) in [6.45, 7) is 1.65. The standard InChI is InChI=1S/C26H26BrCl2N3O6S/c1-16(32(39(4,34)35)20-7-9-21(36-2)10-8-20)26(33)31-30-14-17-11-22(27)25(24(12-17)37-3)38-15-18-5-6-19(28)13-23(18)29/h5-14,16H,15H2,1-4H3,(H,31,33)/b30-14-/t16-/m0/s1. The molecular weight excluding hydrogens is 633 g/mol. The summed E-state index contributed by atoms with van der Waals surface area (Å²) in [6, 6.07) is 13.8. The van der Waals surface area contributed by atoms with Crippen molar-refractivity contribution in [3.8, 4) is 17.2 Å². The molecule has 0 saturated carbocycles. The predicted molar refractivity (Wildman–Crippen MR) is 157 cm³/mol. The first-order chi connectivity index (χ1) is 18.4. The lowest BCUT2D eigenvalue weighted by Gasteiger charge is -2.27. The number of nitrogens with zero attached hydrogens (tertiary/aromatic N) is 2. The average Bonchev–Trinajstić information content (AvgIpc) is 2.88. The first-order valence-corrected chi connectivity index (χ1v) is 14.7. The van der Waals surface area contributed by atoms with Crippen LogP contribution in [0.3, 0.4) is 0 Å². The maximum atomic E-state index is 12.8. The van der Waals surface area contributed by atoms with Crippen molar-refractivity contribution < 1.29 is 27.4 Å². The molecule has 0 aromatic heterocycles. The fraction of sp³-hybridized carbons (Fsp3) is 0.231. The lowest BCUT2D eigenvalue weighted by atomic mass is 10.2. The summed E-state index contributed by atoms with van der Waals surface area (Å²) in [7, 11) is -0.784. The van der Waals surface area contributed by atoms with Gasteiger partial charge in [-0.3, -0.25) is 9.10 Å². The molecule has 9 nitrogen and oxygen atoms in total. The molecule has 3 aromatic rings. The molecule has 1 amide bonds. The molecule has 0 spiro atoms. The number of nitrogens with one attached hydrogen (secondary N) is 1. The second-order valence-corrected chi connectivity index (χ2v) is 11.8. The van der Waals surface area contributed by atoms with Gasteiger partial charge >= 0.3 is 0 Å². The van der Waals surface area contributed by atoms with Crippen LogP contribution in [0, 0.1) is 0 Å². The summed E-state index contributed by atoms with van der Waals surface area (Å²) in [4.78, 5) is 12.8. The molecule has 13 heteroatoms. The van der Waals surface area contributed by atoms with Crippen LogP contribution in [0.15, 0.2) is 64.2 Å². The monoisotopic (exact) mass is 657 g/mol. The fourth-order valence-corrected chi connectivity index (χ4v) is 5.76. The summed E-state index contributed by atoms with van der Waals surface area (Å²) in [5, 5.41) is 5.00. The van der Waals surface area contributed by atoms with Gasteiger partial charge < -0.3 is 14.2 Å². The van der Waals surface area contributed by atoms with E-state index in [1.54, 1.807) is 54.6 Å². The zero-order chi connectivity index (χ0) is 28.7. The molecule has 208 valence electrons. The number of carbonyl (C=O) groups is 1. The van der Waals surface area contributed by atoms with Crippen molar-refractivity contribution in [2.45, 2.75) is 19.6 Å². The van der Waals surface area contributed by atoms with E-state index in [-0.39, 0.29) is 6.61 Å². The van der Waals surface area contributed by atoms with E-state index in [2.05, 4.69) is 26.5 Å². The van der Waals surface area contributed by atoms with Gasteiger partial charge in [0.25, 0.3) is 5.91 Å². The molecule has 0 unspecified atom stereocenters. The van der Waals surface area contributed by atoms with Gasteiger partial charge in [0.1, 0.15) is 18.4 Å². The Balaban J connectivity index is 1.72. The van der Waals surface area contributed by atoms with Crippen molar-refractivity contribution in [2.24, 2.45) is 5.10 Å². The van der Waals surface area contributed by atoms with Crippen molar-refractivity contribution in [3.63, 3.8) is 0 Å². The van der Waals surface area contributed by atoms with Gasteiger partial charge in [-0.15, -0.1) is 0 Å². The van der Waals surface area contributed by atoms with Crippen LogP contribution in [-0.2, 0) is 21.4 Å². The number of benzene rings is 3. The highest BCUT2D eigenvalue weighted by molar-refractivity contribution is 9.10. The Morgan fingerprint density at radius 3 is 2.38 bits per heavy atom. The molecule has 1 N–H and O–H groups in total. The summed E-state index contributed by atoms with van der Waals surface area (Å²) in [5.74, 6) is 0.791. The largest absolute Gasteiger partial charge is 0.497 e. The lowest BCUT2D eigenvalue weighted by molar-refractivity contribution is -0.121. The number of hydrogen-bond acceptors (Lipinski definition) is 7. The summed E-state index contributed by atoms with van der Waals surface area (Å²) < 4.78 is 43.0. The van der Waals surface area contributed by atoms with E-state index in [4.69, 9.17) is 37.4 Å². The van der Waals surface area contributed by atoms with Crippen LogP contribution in [0.5, 0.6) is 17.2 Å². The second kappa shape index (κ2) is 13.4. The Labute approximate surface area is 245 Å². The first-order valence-electron chi connectivity index (χ1n) is 11.3. The molecule has 0 aliphatic rings. The Morgan fingerprint density at radius 2 is 1.79 bits per heavy atom. The summed E-state index contributed by atoms with van der Waals surface area (Å²) >= 11 is 15.7. The highest BCUT2D eigenvalue weighted by Crippen LogP contribution is 2.37. The third-order valence-electron chi connectivity index (χ3n) is 5.44. The number of amides is 1. The van der Waals surface area contributed by atoms with E-state index >= 15 is 0 Å². The van der Waals surface area contributed by atoms with Crippen LogP contribution in [0.4, 0.5) is 5.69 Å². The molecule has 1 atom stereocenters. The van der Waals surface area contributed by atoms with Crippen LogP contribution in [-0.4, -0.2) is 47.1 Å². The van der Waals surface area contributed by atoms with E-state index in [0.29, 0.717) is 43.0 Å². The lowest BCUT2D eigenvalue weighted by Crippen LogP contribution is -2.46. The van der Waals surface area contributed by atoms with Gasteiger partial charge in [0.2, 0.25) is 10.0 Å². The number of hydrogen-bond donors (Lipinski definition) is 1. The van der Waals surface area contributed by atoms with Crippen molar-refractivity contribution >= 4 is 67.0 Å². The maximum absolute atomic E-state index is 12.8. The average molecular weight is 659 g/mol. The molecule has 0 bridgehead atoms. The van der Waals surface area contributed by atoms with Crippen LogP contribution in [0.1, 0.15) is 18.1 Å². The van der Waals surface area contributed by atoms with Crippen molar-refractivity contribution in [3.05, 3.63) is 80.2 Å². The molecule has 0 heterocycles. The van der Waals surface area contributed by atoms with Crippen LogP contribution < -0.4 is 23.9 Å². The minimum Gasteiger partial charge on any atom is -0.497 e. The first kappa shape index (κ1) is 30.6. The molecule has 0 aliphatic carbocycles. The van der Waals surface area contributed by atoms with E-state index in [0.717, 1.165) is 16.1 Å². The number of methoxy groups -OCH3 is 2. The van der Waals surface area contributed by atoms with Gasteiger partial charge in [-0.05, 0) is 76.9 Å². The molecule has 0 fully saturated rings. The normalized spacial score (nSPS) is 12.2. The number of anilines is 1. The topological polar surface area (TPSA) is 107 Å². The third kappa shape index (κ3) is 8.01. The molecular formula is C26H26BrCl2N3O6S. The molecule has 3 rings (SSSR count). The van der Waals surface area contributed by atoms with Crippen LogP contribution in [0.2, 0.25) is 10.0 Å². The Hall–Kier alpha value is -2.99. The van der Waals surface area contributed by atoms with Crippen LogP contribution >= 0.6 is 39.1 Å². The molecule has 0 saturated heterocycles. The predicted octanol–water partition coefficient (Wildman–Crippen LogP) is 5.66. The van der Waals surface area contributed by atoms with Crippen molar-refractivity contribution in [2.75, 3.05) is 24.8 Å². The van der Waals surface area contributed by atoms with E-state index < -0.39 is 22.0 Å². The van der Waals surface area contributed by atoms with Gasteiger partial charge in [0, 0.05) is 15.6 Å². The highest BCUT2D eigenvalue weighted by atomic mass is 79.9. The number of rotatable bonds is 11. The summed E-state index contributed by atoms with van der Waals surface area (Å²) in [6.07, 6.45) is 2.43. The number of carbonyl (C=O) groups excluding carboxylic acids is 1. The summed E-state index contributed by atoms with van der Waals surface area (Å²) in [5.41, 5.74) is 4.03. The fourth-order valence-electron chi connectivity index (χ4n) is 3.54. The third-order valence-corrected chi connectivity index (χ3v) is 7.86. The maximum Gasteiger partial charge on any atom is 0.263 e. The quantitative estimate of drug-likeness (QED) is 0.211. The number of hydrazone groups is 1. The number of halogens is 3. The molecule has 3 aromatic carbocycles. The van der Waals surface area contributed by atoms with Gasteiger partial charge in [-0.1, -0.05) is 29.3 Å². The second-order valence-electron chi connectivity index (χ2n) is 8.23. The Bertz CT molecular complexity index is 1470. The smallest absolute Gasteiger partial charge is 0.263 e. The van der Waals surface area contributed by atoms with Crippen molar-refractivity contribution in [1.29, 1.82) is 0 Å². The van der Waals surface area contributed by atoms with E-state index in [9.17, 15) is 13.2 Å². The zero-order valence-corrected chi connectivity index (χ0v) is 25.4. The van der Waals surface area contributed by atoms with Gasteiger partial charge in [-0.25, -0.2) is 13.8 Å². The Kier molecular flexibility index (Phi) is 10.5. The van der Waals surface area contributed by atoms with Crippen LogP contribution in [0.25, 0.3) is 0 Å².